The number of urea groups is 1. The third kappa shape index (κ3) is 3.61. The number of aliphatic hydroxyl groups is 1. The van der Waals surface area contributed by atoms with Crippen molar-refractivity contribution in [3.8, 4) is 5.69 Å². The SMILES string of the molecule is Cc1ccn(-c2ccccc2NC(=O)Nc2cnn(CCO)c2)n1. The number of anilines is 2. The van der Waals surface area contributed by atoms with E-state index in [2.05, 4.69) is 20.8 Å². The zero-order valence-electron chi connectivity index (χ0n) is 13.2. The highest BCUT2D eigenvalue weighted by Gasteiger charge is 2.09. The van der Waals surface area contributed by atoms with E-state index in [4.69, 9.17) is 5.11 Å². The van der Waals surface area contributed by atoms with Gasteiger partial charge in [-0.25, -0.2) is 9.48 Å². The Morgan fingerprint density at radius 2 is 2.08 bits per heavy atom. The number of hydrogen-bond donors (Lipinski definition) is 3. The van der Waals surface area contributed by atoms with Crippen molar-refractivity contribution in [2.45, 2.75) is 13.5 Å². The number of amides is 2. The molecule has 124 valence electrons. The minimum Gasteiger partial charge on any atom is -0.394 e. The Labute approximate surface area is 138 Å². The highest BCUT2D eigenvalue weighted by atomic mass is 16.3. The van der Waals surface area contributed by atoms with Crippen LogP contribution in [0.5, 0.6) is 0 Å². The van der Waals surface area contributed by atoms with E-state index >= 15 is 0 Å². The molecule has 8 heteroatoms. The number of aliphatic hydroxyl groups excluding tert-OH is 1. The molecule has 3 N–H and O–H groups in total. The summed E-state index contributed by atoms with van der Waals surface area (Å²) in [6.45, 7) is 2.28. The van der Waals surface area contributed by atoms with Gasteiger partial charge in [-0.1, -0.05) is 12.1 Å². The van der Waals surface area contributed by atoms with E-state index < -0.39 is 0 Å². The Hall–Kier alpha value is -3.13. The molecule has 8 nitrogen and oxygen atoms in total. The zero-order valence-corrected chi connectivity index (χ0v) is 13.2. The van der Waals surface area contributed by atoms with Gasteiger partial charge >= 0.3 is 6.03 Å². The molecule has 0 fully saturated rings. The number of rotatable bonds is 5. The van der Waals surface area contributed by atoms with Crippen LogP contribution in [0.4, 0.5) is 16.2 Å². The molecule has 2 heterocycles. The quantitative estimate of drug-likeness (QED) is 0.668. The molecule has 0 spiro atoms. The lowest BCUT2D eigenvalue weighted by Gasteiger charge is -2.11. The van der Waals surface area contributed by atoms with Crippen molar-refractivity contribution in [2.24, 2.45) is 0 Å². The van der Waals surface area contributed by atoms with Gasteiger partial charge in [-0.15, -0.1) is 0 Å². The molecule has 3 aromatic rings. The Morgan fingerprint density at radius 1 is 1.25 bits per heavy atom. The fraction of sp³-hybridized carbons (Fsp3) is 0.188. The molecule has 0 aliphatic rings. The largest absolute Gasteiger partial charge is 0.394 e. The van der Waals surface area contributed by atoms with Gasteiger partial charge in [0.2, 0.25) is 0 Å². The van der Waals surface area contributed by atoms with Crippen LogP contribution in [-0.4, -0.2) is 37.3 Å². The lowest BCUT2D eigenvalue weighted by Crippen LogP contribution is -2.20. The summed E-state index contributed by atoms with van der Waals surface area (Å²) in [6.07, 6.45) is 5.02. The lowest BCUT2D eigenvalue weighted by atomic mass is 10.2. The van der Waals surface area contributed by atoms with Gasteiger partial charge < -0.3 is 15.7 Å². The van der Waals surface area contributed by atoms with Crippen molar-refractivity contribution in [2.75, 3.05) is 17.2 Å². The minimum absolute atomic E-state index is 0.00994. The fourth-order valence-corrected chi connectivity index (χ4v) is 2.27. The van der Waals surface area contributed by atoms with Gasteiger partial charge in [-0.3, -0.25) is 4.68 Å². The maximum atomic E-state index is 12.2. The topological polar surface area (TPSA) is 97.0 Å². The van der Waals surface area contributed by atoms with Gasteiger partial charge in [-0.2, -0.15) is 10.2 Å². The summed E-state index contributed by atoms with van der Waals surface area (Å²) < 4.78 is 3.26. The summed E-state index contributed by atoms with van der Waals surface area (Å²) in [5.74, 6) is 0. The summed E-state index contributed by atoms with van der Waals surface area (Å²) in [4.78, 5) is 12.2. The number of benzene rings is 1. The van der Waals surface area contributed by atoms with Crippen molar-refractivity contribution in [1.82, 2.24) is 19.6 Å². The molecule has 0 saturated carbocycles. The van der Waals surface area contributed by atoms with Crippen molar-refractivity contribution < 1.29 is 9.90 Å². The third-order valence-corrected chi connectivity index (χ3v) is 3.34. The molecule has 0 atom stereocenters. The van der Waals surface area contributed by atoms with Gasteiger partial charge in [0, 0.05) is 12.4 Å². The number of hydrogen-bond acceptors (Lipinski definition) is 4. The van der Waals surface area contributed by atoms with E-state index in [9.17, 15) is 4.79 Å². The maximum Gasteiger partial charge on any atom is 0.323 e. The standard InChI is InChI=1S/C16H18N6O2/c1-12-6-7-22(20-12)15-5-3-2-4-14(15)19-16(24)18-13-10-17-21(11-13)8-9-23/h2-7,10-11,23H,8-9H2,1H3,(H2,18,19,24). The summed E-state index contributed by atoms with van der Waals surface area (Å²) in [6, 6.07) is 8.92. The first-order valence-electron chi connectivity index (χ1n) is 7.49. The summed E-state index contributed by atoms with van der Waals surface area (Å²) in [5.41, 5.74) is 2.86. The molecule has 24 heavy (non-hydrogen) atoms. The van der Waals surface area contributed by atoms with Gasteiger partial charge in [0.25, 0.3) is 0 Å². The number of para-hydroxylation sites is 2. The Balaban J connectivity index is 1.72. The van der Waals surface area contributed by atoms with Gasteiger partial charge in [0.15, 0.2) is 0 Å². The van der Waals surface area contributed by atoms with Crippen molar-refractivity contribution >= 4 is 17.4 Å². The number of aromatic nitrogens is 4. The molecule has 0 aliphatic carbocycles. The van der Waals surface area contributed by atoms with E-state index in [0.717, 1.165) is 11.4 Å². The molecule has 0 bridgehead atoms. The summed E-state index contributed by atoms with van der Waals surface area (Å²) in [7, 11) is 0. The number of aryl methyl sites for hydroxylation is 1. The molecule has 0 aliphatic heterocycles. The van der Waals surface area contributed by atoms with Crippen LogP contribution >= 0.6 is 0 Å². The monoisotopic (exact) mass is 326 g/mol. The maximum absolute atomic E-state index is 12.2. The van der Waals surface area contributed by atoms with E-state index in [1.54, 1.807) is 21.6 Å². The summed E-state index contributed by atoms with van der Waals surface area (Å²) >= 11 is 0. The van der Waals surface area contributed by atoms with Crippen molar-refractivity contribution in [3.05, 3.63) is 54.6 Å². The zero-order chi connectivity index (χ0) is 16.9. The van der Waals surface area contributed by atoms with Crippen LogP contribution in [0.3, 0.4) is 0 Å². The lowest BCUT2D eigenvalue weighted by molar-refractivity contribution is 0.262. The average Bonchev–Trinajstić information content (AvgIpc) is 3.17. The predicted molar refractivity (Wildman–Crippen MR) is 90.3 cm³/mol. The minimum atomic E-state index is -0.380. The molecule has 0 radical (unpaired) electrons. The van der Waals surface area contributed by atoms with Gasteiger partial charge in [-0.05, 0) is 25.1 Å². The van der Waals surface area contributed by atoms with Crippen LogP contribution in [0.15, 0.2) is 48.9 Å². The van der Waals surface area contributed by atoms with E-state index in [-0.39, 0.29) is 12.6 Å². The van der Waals surface area contributed by atoms with Gasteiger partial charge in [0.1, 0.15) is 0 Å². The molecule has 1 aromatic carbocycles. The second-order valence-corrected chi connectivity index (χ2v) is 5.21. The van der Waals surface area contributed by atoms with Crippen LogP contribution in [0.1, 0.15) is 5.69 Å². The first kappa shape index (κ1) is 15.8. The number of carbonyl (C=O) groups is 1. The van der Waals surface area contributed by atoms with Crippen LogP contribution in [-0.2, 0) is 6.54 Å². The molecule has 0 unspecified atom stereocenters. The van der Waals surface area contributed by atoms with E-state index in [1.807, 2.05) is 37.4 Å². The second-order valence-electron chi connectivity index (χ2n) is 5.21. The molecule has 2 aromatic heterocycles. The first-order valence-corrected chi connectivity index (χ1v) is 7.49. The number of carbonyl (C=O) groups excluding carboxylic acids is 1. The van der Waals surface area contributed by atoms with Crippen LogP contribution in [0, 0.1) is 6.92 Å². The van der Waals surface area contributed by atoms with Crippen LogP contribution in [0.25, 0.3) is 5.69 Å². The predicted octanol–water partition coefficient (Wildman–Crippen LogP) is 2.01. The van der Waals surface area contributed by atoms with Crippen molar-refractivity contribution in [1.29, 1.82) is 0 Å². The van der Waals surface area contributed by atoms with E-state index in [1.165, 1.54) is 6.20 Å². The molecule has 3 rings (SSSR count). The Morgan fingerprint density at radius 3 is 2.83 bits per heavy atom. The molecule has 2 amide bonds. The number of nitrogens with zero attached hydrogens (tertiary/aromatic N) is 4. The highest BCUT2D eigenvalue weighted by molar-refractivity contribution is 6.00. The highest BCUT2D eigenvalue weighted by Crippen LogP contribution is 2.19. The first-order chi connectivity index (χ1) is 11.7. The van der Waals surface area contributed by atoms with Crippen LogP contribution in [0.2, 0.25) is 0 Å². The summed E-state index contributed by atoms with van der Waals surface area (Å²) in [5, 5.41) is 22.8. The smallest absolute Gasteiger partial charge is 0.323 e. The molecular formula is C16H18N6O2. The van der Waals surface area contributed by atoms with Gasteiger partial charge in [0.05, 0.1) is 42.1 Å². The Bertz CT molecular complexity index is 838. The number of nitrogens with one attached hydrogen (secondary N) is 2. The third-order valence-electron chi connectivity index (χ3n) is 3.34. The fourth-order valence-electron chi connectivity index (χ4n) is 2.27. The second kappa shape index (κ2) is 6.97. The molecule has 0 saturated heterocycles. The molecular weight excluding hydrogens is 308 g/mol. The van der Waals surface area contributed by atoms with Crippen molar-refractivity contribution in [3.63, 3.8) is 0 Å². The Kier molecular flexibility index (Phi) is 4.57. The van der Waals surface area contributed by atoms with Crippen LogP contribution < -0.4 is 10.6 Å². The van der Waals surface area contributed by atoms with E-state index in [0.29, 0.717) is 17.9 Å². The average molecular weight is 326 g/mol. The normalized spacial score (nSPS) is 10.6.